The maximum absolute atomic E-state index is 5.68. The average molecular weight is 337 g/mol. The van der Waals surface area contributed by atoms with Crippen LogP contribution in [0.15, 0.2) is 45.6 Å². The van der Waals surface area contributed by atoms with Crippen LogP contribution in [0.2, 0.25) is 0 Å². The second-order valence-corrected chi connectivity index (χ2v) is 6.47. The molecule has 2 heterocycles. The highest BCUT2D eigenvalue weighted by atomic mass is 79.9. The average Bonchev–Trinajstić information content (AvgIpc) is 2.98. The van der Waals surface area contributed by atoms with E-state index in [4.69, 9.17) is 5.73 Å². The van der Waals surface area contributed by atoms with Crippen LogP contribution in [-0.2, 0) is 0 Å². The number of anilines is 1. The van der Waals surface area contributed by atoms with Gasteiger partial charge in [0.1, 0.15) is 5.01 Å². The zero-order valence-electron chi connectivity index (χ0n) is 9.26. The zero-order chi connectivity index (χ0) is 12.5. The Morgan fingerprint density at radius 3 is 2.50 bits per heavy atom. The molecule has 0 saturated heterocycles. The number of nitrogens with two attached hydrogens (primary N) is 1. The fraction of sp³-hybridized carbons (Fsp3) is 0. The molecule has 3 rings (SSSR count). The lowest BCUT2D eigenvalue weighted by Gasteiger charge is -1.96. The molecule has 0 amide bonds. The predicted octanol–water partition coefficient (Wildman–Crippen LogP) is 4.88. The molecule has 3 aromatic rings. The van der Waals surface area contributed by atoms with Gasteiger partial charge in [-0.3, -0.25) is 0 Å². The van der Waals surface area contributed by atoms with Crippen LogP contribution in [-0.4, -0.2) is 4.98 Å². The molecule has 18 heavy (non-hydrogen) atoms. The SMILES string of the molecule is Nc1ccc(-c2nc(-c3cc(Br)cs3)cs2)cc1. The van der Waals surface area contributed by atoms with Gasteiger partial charge in [-0.05, 0) is 46.3 Å². The van der Waals surface area contributed by atoms with E-state index < -0.39 is 0 Å². The molecule has 0 aliphatic heterocycles. The standard InChI is InChI=1S/C13H9BrN2S2/c14-9-5-12(17-6-9)11-7-18-13(16-11)8-1-3-10(15)4-2-8/h1-7H,15H2. The van der Waals surface area contributed by atoms with Crippen LogP contribution in [0.1, 0.15) is 0 Å². The van der Waals surface area contributed by atoms with Crippen molar-refractivity contribution in [2.75, 3.05) is 5.73 Å². The predicted molar refractivity (Wildman–Crippen MR) is 83.0 cm³/mol. The summed E-state index contributed by atoms with van der Waals surface area (Å²) < 4.78 is 1.10. The quantitative estimate of drug-likeness (QED) is 0.677. The molecule has 0 atom stereocenters. The monoisotopic (exact) mass is 336 g/mol. The number of nitrogen functional groups attached to an aromatic ring is 1. The Balaban J connectivity index is 1.96. The van der Waals surface area contributed by atoms with E-state index in [1.807, 2.05) is 24.3 Å². The van der Waals surface area contributed by atoms with Crippen LogP contribution in [0.4, 0.5) is 5.69 Å². The van der Waals surface area contributed by atoms with Crippen LogP contribution >= 0.6 is 38.6 Å². The van der Waals surface area contributed by atoms with Gasteiger partial charge < -0.3 is 5.73 Å². The fourth-order valence-electron chi connectivity index (χ4n) is 1.59. The molecule has 2 N–H and O–H groups in total. The van der Waals surface area contributed by atoms with Crippen molar-refractivity contribution in [2.24, 2.45) is 0 Å². The third-order valence-electron chi connectivity index (χ3n) is 2.48. The number of nitrogens with zero attached hydrogens (tertiary/aromatic N) is 1. The molecular weight excluding hydrogens is 328 g/mol. The number of rotatable bonds is 2. The molecule has 90 valence electrons. The van der Waals surface area contributed by atoms with Crippen molar-refractivity contribution in [2.45, 2.75) is 0 Å². The van der Waals surface area contributed by atoms with Crippen LogP contribution in [0, 0.1) is 0 Å². The maximum atomic E-state index is 5.68. The van der Waals surface area contributed by atoms with Gasteiger partial charge in [0.05, 0.1) is 10.6 Å². The Morgan fingerprint density at radius 2 is 1.83 bits per heavy atom. The van der Waals surface area contributed by atoms with E-state index in [9.17, 15) is 0 Å². The molecule has 0 aliphatic rings. The first-order valence-electron chi connectivity index (χ1n) is 5.28. The molecule has 0 unspecified atom stereocenters. The minimum atomic E-state index is 0.776. The number of halogens is 1. The van der Waals surface area contributed by atoms with Crippen molar-refractivity contribution in [1.29, 1.82) is 0 Å². The molecule has 0 fully saturated rings. The molecule has 0 spiro atoms. The summed E-state index contributed by atoms with van der Waals surface area (Å²) >= 11 is 6.80. The highest BCUT2D eigenvalue weighted by Crippen LogP contribution is 2.33. The number of thiophene rings is 1. The largest absolute Gasteiger partial charge is 0.399 e. The van der Waals surface area contributed by atoms with E-state index in [1.54, 1.807) is 22.7 Å². The lowest BCUT2D eigenvalue weighted by molar-refractivity contribution is 1.42. The van der Waals surface area contributed by atoms with Crippen molar-refractivity contribution in [3.05, 3.63) is 45.6 Å². The third kappa shape index (κ3) is 2.34. The first-order chi connectivity index (χ1) is 8.72. The number of hydrogen-bond acceptors (Lipinski definition) is 4. The van der Waals surface area contributed by atoms with E-state index in [2.05, 4.69) is 37.7 Å². The smallest absolute Gasteiger partial charge is 0.124 e. The van der Waals surface area contributed by atoms with Crippen molar-refractivity contribution >= 4 is 44.3 Å². The Labute approximate surface area is 121 Å². The lowest BCUT2D eigenvalue weighted by Crippen LogP contribution is -1.83. The molecule has 2 nitrogen and oxygen atoms in total. The molecule has 5 heteroatoms. The van der Waals surface area contributed by atoms with Crippen molar-refractivity contribution in [3.8, 4) is 21.1 Å². The first kappa shape index (κ1) is 11.9. The summed E-state index contributed by atoms with van der Waals surface area (Å²) in [6.45, 7) is 0. The fourth-order valence-corrected chi connectivity index (χ4v) is 3.88. The maximum Gasteiger partial charge on any atom is 0.124 e. The van der Waals surface area contributed by atoms with E-state index in [0.29, 0.717) is 0 Å². The van der Waals surface area contributed by atoms with Crippen LogP contribution in [0.3, 0.4) is 0 Å². The molecule has 0 aliphatic carbocycles. The lowest BCUT2D eigenvalue weighted by atomic mass is 10.2. The summed E-state index contributed by atoms with van der Waals surface area (Å²) in [5.41, 5.74) is 8.60. The molecular formula is C13H9BrN2S2. The Morgan fingerprint density at radius 1 is 1.06 bits per heavy atom. The van der Waals surface area contributed by atoms with Crippen molar-refractivity contribution in [3.63, 3.8) is 0 Å². The Kier molecular flexibility index (Phi) is 3.20. The molecule has 1 aromatic carbocycles. The number of hydrogen-bond donors (Lipinski definition) is 1. The highest BCUT2D eigenvalue weighted by Gasteiger charge is 2.08. The number of benzene rings is 1. The summed E-state index contributed by atoms with van der Waals surface area (Å²) in [7, 11) is 0. The normalized spacial score (nSPS) is 10.7. The summed E-state index contributed by atoms with van der Waals surface area (Å²) in [5, 5.41) is 5.18. The van der Waals surface area contributed by atoms with Gasteiger partial charge in [0.25, 0.3) is 0 Å². The van der Waals surface area contributed by atoms with Gasteiger partial charge in [-0.15, -0.1) is 22.7 Å². The number of thiazole rings is 1. The van der Waals surface area contributed by atoms with Gasteiger partial charge in [-0.25, -0.2) is 4.98 Å². The summed E-state index contributed by atoms with van der Waals surface area (Å²) in [6, 6.07) is 9.90. The van der Waals surface area contributed by atoms with Crippen LogP contribution in [0.5, 0.6) is 0 Å². The Hall–Kier alpha value is -1.17. The minimum absolute atomic E-state index is 0.776. The van der Waals surface area contributed by atoms with E-state index in [1.165, 1.54) is 4.88 Å². The second kappa shape index (κ2) is 4.84. The van der Waals surface area contributed by atoms with Crippen molar-refractivity contribution < 1.29 is 0 Å². The molecule has 2 aromatic heterocycles. The van der Waals surface area contributed by atoms with Crippen LogP contribution < -0.4 is 5.73 Å². The van der Waals surface area contributed by atoms with Crippen molar-refractivity contribution in [1.82, 2.24) is 4.98 Å². The van der Waals surface area contributed by atoms with Gasteiger partial charge in [0.2, 0.25) is 0 Å². The molecule has 0 saturated carbocycles. The van der Waals surface area contributed by atoms with Gasteiger partial charge in [0, 0.05) is 26.5 Å². The van der Waals surface area contributed by atoms with Gasteiger partial charge in [-0.1, -0.05) is 0 Å². The number of aromatic nitrogens is 1. The van der Waals surface area contributed by atoms with Gasteiger partial charge in [0.15, 0.2) is 0 Å². The first-order valence-corrected chi connectivity index (χ1v) is 7.83. The van der Waals surface area contributed by atoms with E-state index in [0.717, 1.165) is 26.4 Å². The summed E-state index contributed by atoms with van der Waals surface area (Å²) in [6.07, 6.45) is 0. The Bertz CT molecular complexity index is 670. The summed E-state index contributed by atoms with van der Waals surface area (Å²) in [5.74, 6) is 0. The second-order valence-electron chi connectivity index (χ2n) is 3.79. The molecule has 0 radical (unpaired) electrons. The van der Waals surface area contributed by atoms with Gasteiger partial charge >= 0.3 is 0 Å². The molecule has 0 bridgehead atoms. The van der Waals surface area contributed by atoms with Gasteiger partial charge in [-0.2, -0.15) is 0 Å². The van der Waals surface area contributed by atoms with E-state index in [-0.39, 0.29) is 0 Å². The summed E-state index contributed by atoms with van der Waals surface area (Å²) in [4.78, 5) is 5.84. The zero-order valence-corrected chi connectivity index (χ0v) is 12.5. The minimum Gasteiger partial charge on any atom is -0.399 e. The third-order valence-corrected chi connectivity index (χ3v) is 5.09. The van der Waals surface area contributed by atoms with Crippen LogP contribution in [0.25, 0.3) is 21.1 Å². The topological polar surface area (TPSA) is 38.9 Å². The van der Waals surface area contributed by atoms with E-state index >= 15 is 0 Å². The highest BCUT2D eigenvalue weighted by molar-refractivity contribution is 9.10.